The zero-order valence-corrected chi connectivity index (χ0v) is 9.39. The van der Waals surface area contributed by atoms with Gasteiger partial charge < -0.3 is 15.5 Å². The van der Waals surface area contributed by atoms with Crippen molar-refractivity contribution < 1.29 is 13.6 Å². The van der Waals surface area contributed by atoms with E-state index in [4.69, 9.17) is 10.2 Å². The number of hydrogen-bond donors (Lipinski definition) is 2. The van der Waals surface area contributed by atoms with Gasteiger partial charge in [0.25, 0.3) is 0 Å². The van der Waals surface area contributed by atoms with Crippen molar-refractivity contribution in [2.75, 3.05) is 11.1 Å². The van der Waals surface area contributed by atoms with Crippen molar-refractivity contribution in [2.24, 2.45) is 0 Å². The molecule has 0 unspecified atom stereocenters. The van der Waals surface area contributed by atoms with E-state index in [1.807, 2.05) is 0 Å². The number of carbonyl (C=O) groups is 1. The Morgan fingerprint density at radius 1 is 1.39 bits per heavy atom. The van der Waals surface area contributed by atoms with Crippen molar-refractivity contribution in [3.8, 4) is 0 Å². The Balaban J connectivity index is 2.01. The number of nitrogens with two attached hydrogens (primary N) is 1. The number of rotatable bonds is 3. The van der Waals surface area contributed by atoms with Gasteiger partial charge >= 0.3 is 0 Å². The molecule has 0 aliphatic heterocycles. The first kappa shape index (κ1) is 11.9. The van der Waals surface area contributed by atoms with Crippen LogP contribution in [0.25, 0.3) is 6.08 Å². The van der Waals surface area contributed by atoms with Crippen molar-refractivity contribution in [1.29, 1.82) is 0 Å². The lowest BCUT2D eigenvalue weighted by atomic mass is 10.2. The Morgan fingerprint density at radius 2 is 2.22 bits per heavy atom. The predicted octanol–water partition coefficient (Wildman–Crippen LogP) is 2.65. The minimum atomic E-state index is -0.515. The van der Waals surface area contributed by atoms with Crippen molar-refractivity contribution in [3.05, 3.63) is 54.2 Å². The highest BCUT2D eigenvalue weighted by atomic mass is 19.1. The second-order valence-corrected chi connectivity index (χ2v) is 3.57. The Kier molecular flexibility index (Phi) is 3.43. The number of hydrogen-bond acceptors (Lipinski definition) is 3. The normalized spacial score (nSPS) is 10.7. The maximum atomic E-state index is 12.9. The monoisotopic (exact) mass is 246 g/mol. The van der Waals surface area contributed by atoms with E-state index < -0.39 is 5.82 Å². The molecule has 0 aliphatic rings. The second kappa shape index (κ2) is 5.18. The smallest absolute Gasteiger partial charge is 0.248 e. The molecule has 0 fully saturated rings. The number of carbonyl (C=O) groups excluding carboxylic acids is 1. The molecule has 2 aromatic rings. The van der Waals surface area contributed by atoms with Gasteiger partial charge in [0.2, 0.25) is 5.91 Å². The van der Waals surface area contributed by atoms with Crippen LogP contribution in [-0.4, -0.2) is 5.91 Å². The number of halogens is 1. The Bertz CT molecular complexity index is 577. The zero-order valence-electron chi connectivity index (χ0n) is 9.39. The topological polar surface area (TPSA) is 68.3 Å². The summed E-state index contributed by atoms with van der Waals surface area (Å²) in [6.45, 7) is 0. The molecule has 0 saturated carbocycles. The van der Waals surface area contributed by atoms with Gasteiger partial charge in [-0.05, 0) is 36.4 Å². The highest BCUT2D eigenvalue weighted by Gasteiger charge is 2.02. The third-order valence-corrected chi connectivity index (χ3v) is 2.21. The summed E-state index contributed by atoms with van der Waals surface area (Å²) in [5.74, 6) is -0.291. The Morgan fingerprint density at radius 3 is 2.89 bits per heavy atom. The number of nitrogen functional groups attached to an aromatic ring is 1. The van der Waals surface area contributed by atoms with Crippen molar-refractivity contribution in [2.45, 2.75) is 0 Å². The lowest BCUT2D eigenvalue weighted by molar-refractivity contribution is -0.111. The van der Waals surface area contributed by atoms with E-state index in [1.165, 1.54) is 36.6 Å². The van der Waals surface area contributed by atoms with E-state index in [0.717, 1.165) is 0 Å². The molecule has 0 bridgehead atoms. The minimum Gasteiger partial charge on any atom is -0.465 e. The van der Waals surface area contributed by atoms with Crippen LogP contribution < -0.4 is 11.1 Å². The molecule has 3 N–H and O–H groups in total. The predicted molar refractivity (Wildman–Crippen MR) is 67.2 cm³/mol. The van der Waals surface area contributed by atoms with Gasteiger partial charge in [-0.2, -0.15) is 0 Å². The summed E-state index contributed by atoms with van der Waals surface area (Å²) in [6.07, 6.45) is 4.36. The molecule has 0 aliphatic carbocycles. The highest BCUT2D eigenvalue weighted by Crippen LogP contribution is 2.16. The van der Waals surface area contributed by atoms with Crippen molar-refractivity contribution in [1.82, 2.24) is 0 Å². The first-order chi connectivity index (χ1) is 8.65. The molecular weight excluding hydrogens is 235 g/mol. The van der Waals surface area contributed by atoms with Crippen LogP contribution in [0.15, 0.2) is 47.1 Å². The molecule has 1 aromatic heterocycles. The maximum absolute atomic E-state index is 12.9. The molecule has 1 aromatic carbocycles. The summed E-state index contributed by atoms with van der Waals surface area (Å²) in [6, 6.07) is 7.43. The zero-order chi connectivity index (χ0) is 13.0. The molecule has 92 valence electrons. The maximum Gasteiger partial charge on any atom is 0.248 e. The van der Waals surface area contributed by atoms with Gasteiger partial charge in [-0.1, -0.05) is 0 Å². The average Bonchev–Trinajstić information content (AvgIpc) is 2.84. The van der Waals surface area contributed by atoms with Gasteiger partial charge in [0, 0.05) is 11.8 Å². The first-order valence-corrected chi connectivity index (χ1v) is 5.23. The summed E-state index contributed by atoms with van der Waals surface area (Å²) in [5.41, 5.74) is 5.81. The number of benzene rings is 1. The molecule has 2 rings (SSSR count). The molecule has 0 radical (unpaired) electrons. The number of anilines is 2. The van der Waals surface area contributed by atoms with Crippen LogP contribution in [-0.2, 0) is 4.79 Å². The van der Waals surface area contributed by atoms with E-state index in [9.17, 15) is 9.18 Å². The van der Waals surface area contributed by atoms with Crippen molar-refractivity contribution in [3.63, 3.8) is 0 Å². The summed E-state index contributed by atoms with van der Waals surface area (Å²) >= 11 is 0. The van der Waals surface area contributed by atoms with Gasteiger partial charge in [0.15, 0.2) is 0 Å². The summed E-state index contributed by atoms with van der Waals surface area (Å²) in [4.78, 5) is 11.5. The SMILES string of the molecule is Nc1cc(NC(=O)C=Cc2ccco2)ccc1F. The molecule has 1 heterocycles. The fourth-order valence-electron chi connectivity index (χ4n) is 1.35. The van der Waals surface area contributed by atoms with E-state index in [-0.39, 0.29) is 11.6 Å². The number of furan rings is 1. The third-order valence-electron chi connectivity index (χ3n) is 2.21. The molecule has 0 saturated heterocycles. The van der Waals surface area contributed by atoms with Crippen LogP contribution in [0.4, 0.5) is 15.8 Å². The molecule has 0 spiro atoms. The van der Waals surface area contributed by atoms with Gasteiger partial charge in [-0.25, -0.2) is 4.39 Å². The van der Waals surface area contributed by atoms with Crippen molar-refractivity contribution >= 4 is 23.4 Å². The quantitative estimate of drug-likeness (QED) is 0.646. The van der Waals surface area contributed by atoms with Crippen LogP contribution in [0.2, 0.25) is 0 Å². The second-order valence-electron chi connectivity index (χ2n) is 3.57. The largest absolute Gasteiger partial charge is 0.465 e. The van der Waals surface area contributed by atoms with Gasteiger partial charge in [-0.3, -0.25) is 4.79 Å². The molecule has 4 nitrogen and oxygen atoms in total. The molecule has 18 heavy (non-hydrogen) atoms. The van der Waals surface area contributed by atoms with Gasteiger partial charge in [0.05, 0.1) is 12.0 Å². The first-order valence-electron chi connectivity index (χ1n) is 5.23. The number of amides is 1. The van der Waals surface area contributed by atoms with Crippen LogP contribution >= 0.6 is 0 Å². The summed E-state index contributed by atoms with van der Waals surface area (Å²) < 4.78 is 17.9. The lowest BCUT2D eigenvalue weighted by Gasteiger charge is -2.03. The summed E-state index contributed by atoms with van der Waals surface area (Å²) in [5, 5.41) is 2.56. The standard InChI is InChI=1S/C13H11FN2O2/c14-11-5-3-9(8-12(11)15)16-13(17)6-4-10-2-1-7-18-10/h1-8H,15H2,(H,16,17). The fraction of sp³-hybridized carbons (Fsp3) is 0. The fourth-order valence-corrected chi connectivity index (χ4v) is 1.35. The van der Waals surface area contributed by atoms with Crippen LogP contribution in [0.5, 0.6) is 0 Å². The van der Waals surface area contributed by atoms with E-state index in [0.29, 0.717) is 11.4 Å². The van der Waals surface area contributed by atoms with Crippen LogP contribution in [0, 0.1) is 5.82 Å². The van der Waals surface area contributed by atoms with Gasteiger partial charge in [0.1, 0.15) is 11.6 Å². The molecule has 1 amide bonds. The third kappa shape index (κ3) is 2.98. The molecular formula is C13H11FN2O2. The summed E-state index contributed by atoms with van der Waals surface area (Å²) in [7, 11) is 0. The minimum absolute atomic E-state index is 0.0113. The molecule has 0 atom stereocenters. The van der Waals surface area contributed by atoms with E-state index >= 15 is 0 Å². The number of nitrogens with one attached hydrogen (secondary N) is 1. The van der Waals surface area contributed by atoms with Crippen LogP contribution in [0.3, 0.4) is 0 Å². The van der Waals surface area contributed by atoms with E-state index in [2.05, 4.69) is 5.32 Å². The highest BCUT2D eigenvalue weighted by molar-refractivity contribution is 6.01. The van der Waals surface area contributed by atoms with E-state index in [1.54, 1.807) is 12.1 Å². The molecule has 5 heteroatoms. The lowest BCUT2D eigenvalue weighted by Crippen LogP contribution is -2.08. The van der Waals surface area contributed by atoms with Crippen LogP contribution in [0.1, 0.15) is 5.76 Å². The Labute approximate surface area is 103 Å². The Hall–Kier alpha value is -2.56. The average molecular weight is 246 g/mol. The van der Waals surface area contributed by atoms with Gasteiger partial charge in [-0.15, -0.1) is 0 Å².